The molecule has 3 N–H and O–H groups in total. The van der Waals surface area contributed by atoms with Gasteiger partial charge in [0.2, 0.25) is 11.8 Å². The Hall–Kier alpha value is -1.59. The molecule has 2 rings (SSSR count). The molecule has 0 radical (unpaired) electrons. The van der Waals surface area contributed by atoms with Gasteiger partial charge in [-0.15, -0.1) is 0 Å². The predicted molar refractivity (Wildman–Crippen MR) is 70.7 cm³/mol. The number of rotatable bonds is 2. The molecule has 2 amide bonds. The molecule has 1 fully saturated rings. The van der Waals surface area contributed by atoms with Crippen LogP contribution in [-0.2, 0) is 9.59 Å². The minimum absolute atomic E-state index is 0.00848. The third-order valence-electron chi connectivity index (χ3n) is 2.73. The zero-order valence-electron chi connectivity index (χ0n) is 9.94. The molecule has 0 aromatic heterocycles. The SMILES string of the molecule is CC(=O)Nc1ccc(N2CC(N)CC2=O)cc1Cl. The van der Waals surface area contributed by atoms with E-state index in [0.717, 1.165) is 0 Å². The molecule has 18 heavy (non-hydrogen) atoms. The van der Waals surface area contributed by atoms with Crippen LogP contribution in [0.3, 0.4) is 0 Å². The number of hydrogen-bond acceptors (Lipinski definition) is 3. The van der Waals surface area contributed by atoms with Crippen molar-refractivity contribution < 1.29 is 9.59 Å². The third kappa shape index (κ3) is 2.63. The van der Waals surface area contributed by atoms with E-state index in [1.54, 1.807) is 23.1 Å². The average Bonchev–Trinajstić information content (AvgIpc) is 2.60. The highest BCUT2D eigenvalue weighted by Crippen LogP contribution is 2.29. The quantitative estimate of drug-likeness (QED) is 0.850. The van der Waals surface area contributed by atoms with Crippen LogP contribution in [0, 0.1) is 0 Å². The molecule has 1 aromatic carbocycles. The van der Waals surface area contributed by atoms with Crippen molar-refractivity contribution in [1.29, 1.82) is 0 Å². The first-order valence-electron chi connectivity index (χ1n) is 5.60. The Morgan fingerprint density at radius 2 is 2.28 bits per heavy atom. The van der Waals surface area contributed by atoms with Gasteiger partial charge in [0.1, 0.15) is 0 Å². The Morgan fingerprint density at radius 3 is 2.78 bits per heavy atom. The molecule has 0 saturated carbocycles. The molecular weight excluding hydrogens is 254 g/mol. The van der Waals surface area contributed by atoms with E-state index in [4.69, 9.17) is 17.3 Å². The summed E-state index contributed by atoms with van der Waals surface area (Å²) in [6.07, 6.45) is 0.352. The highest BCUT2D eigenvalue weighted by Gasteiger charge is 2.28. The van der Waals surface area contributed by atoms with Gasteiger partial charge in [-0.2, -0.15) is 0 Å². The molecule has 96 valence electrons. The van der Waals surface area contributed by atoms with E-state index in [0.29, 0.717) is 29.4 Å². The first kappa shape index (κ1) is 12.9. The van der Waals surface area contributed by atoms with Gasteiger partial charge in [0, 0.05) is 31.6 Å². The van der Waals surface area contributed by atoms with Crippen LogP contribution in [-0.4, -0.2) is 24.4 Å². The number of carbonyl (C=O) groups excluding carboxylic acids is 2. The van der Waals surface area contributed by atoms with Crippen molar-refractivity contribution in [2.45, 2.75) is 19.4 Å². The van der Waals surface area contributed by atoms with Crippen molar-refractivity contribution in [2.75, 3.05) is 16.8 Å². The Kier molecular flexibility index (Phi) is 3.54. The van der Waals surface area contributed by atoms with Crippen LogP contribution in [0.15, 0.2) is 18.2 Å². The van der Waals surface area contributed by atoms with Gasteiger partial charge < -0.3 is 16.0 Å². The van der Waals surface area contributed by atoms with Crippen molar-refractivity contribution in [2.24, 2.45) is 5.73 Å². The Balaban J connectivity index is 2.23. The van der Waals surface area contributed by atoms with Gasteiger partial charge in [0.05, 0.1) is 10.7 Å². The van der Waals surface area contributed by atoms with Crippen molar-refractivity contribution in [3.05, 3.63) is 23.2 Å². The summed E-state index contributed by atoms with van der Waals surface area (Å²) < 4.78 is 0. The van der Waals surface area contributed by atoms with Gasteiger partial charge in [-0.1, -0.05) is 11.6 Å². The number of hydrogen-bond donors (Lipinski definition) is 2. The average molecular weight is 268 g/mol. The molecule has 1 aliphatic rings. The van der Waals surface area contributed by atoms with Crippen molar-refractivity contribution in [1.82, 2.24) is 0 Å². The van der Waals surface area contributed by atoms with E-state index in [1.807, 2.05) is 0 Å². The molecule has 1 unspecified atom stereocenters. The molecule has 5 nitrogen and oxygen atoms in total. The predicted octanol–water partition coefficient (Wildman–Crippen LogP) is 1.36. The van der Waals surface area contributed by atoms with E-state index < -0.39 is 0 Å². The van der Waals surface area contributed by atoms with E-state index in [-0.39, 0.29) is 17.9 Å². The molecule has 0 aliphatic carbocycles. The Labute approximate surface area is 110 Å². The van der Waals surface area contributed by atoms with Gasteiger partial charge in [0.15, 0.2) is 0 Å². The smallest absolute Gasteiger partial charge is 0.228 e. The van der Waals surface area contributed by atoms with E-state index in [1.165, 1.54) is 6.92 Å². The summed E-state index contributed by atoms with van der Waals surface area (Å²) in [7, 11) is 0. The summed E-state index contributed by atoms with van der Waals surface area (Å²) in [6, 6.07) is 4.94. The summed E-state index contributed by atoms with van der Waals surface area (Å²) in [5, 5.41) is 3.01. The first-order valence-corrected chi connectivity index (χ1v) is 5.98. The molecule has 1 atom stereocenters. The maximum Gasteiger partial charge on any atom is 0.228 e. The molecule has 0 spiro atoms. The first-order chi connectivity index (χ1) is 8.47. The molecule has 1 aliphatic heterocycles. The number of halogens is 1. The maximum absolute atomic E-state index is 11.7. The highest BCUT2D eigenvalue weighted by molar-refractivity contribution is 6.34. The number of nitrogens with one attached hydrogen (secondary N) is 1. The second-order valence-electron chi connectivity index (χ2n) is 4.31. The molecule has 0 bridgehead atoms. The lowest BCUT2D eigenvalue weighted by Crippen LogP contribution is -2.27. The van der Waals surface area contributed by atoms with Crippen LogP contribution in [0.1, 0.15) is 13.3 Å². The number of amides is 2. The second kappa shape index (κ2) is 4.96. The molecule has 1 aromatic rings. The van der Waals surface area contributed by atoms with Crippen molar-refractivity contribution >= 4 is 34.8 Å². The fraction of sp³-hybridized carbons (Fsp3) is 0.333. The van der Waals surface area contributed by atoms with Gasteiger partial charge in [0.25, 0.3) is 0 Å². The molecular formula is C12H14ClN3O2. The number of nitrogens with zero attached hydrogens (tertiary/aromatic N) is 1. The maximum atomic E-state index is 11.7. The van der Waals surface area contributed by atoms with Gasteiger partial charge in [-0.3, -0.25) is 9.59 Å². The lowest BCUT2D eigenvalue weighted by Gasteiger charge is -2.17. The number of nitrogens with two attached hydrogens (primary N) is 1. The van der Waals surface area contributed by atoms with Gasteiger partial charge >= 0.3 is 0 Å². The minimum Gasteiger partial charge on any atom is -0.326 e. The van der Waals surface area contributed by atoms with Crippen LogP contribution < -0.4 is 16.0 Å². The summed E-state index contributed by atoms with van der Waals surface area (Å²) in [4.78, 5) is 24.2. The topological polar surface area (TPSA) is 75.4 Å². The minimum atomic E-state index is -0.191. The van der Waals surface area contributed by atoms with Crippen LogP contribution in [0.2, 0.25) is 5.02 Å². The lowest BCUT2D eigenvalue weighted by molar-refractivity contribution is -0.117. The zero-order chi connectivity index (χ0) is 13.3. The number of carbonyl (C=O) groups is 2. The number of anilines is 2. The standard InChI is InChI=1S/C12H14ClN3O2/c1-7(17)15-11-3-2-9(5-10(11)13)16-6-8(14)4-12(16)18/h2-3,5,8H,4,6,14H2,1H3,(H,15,17). The van der Waals surface area contributed by atoms with Crippen LogP contribution in [0.4, 0.5) is 11.4 Å². The fourth-order valence-corrected chi connectivity index (χ4v) is 2.17. The largest absolute Gasteiger partial charge is 0.326 e. The van der Waals surface area contributed by atoms with Gasteiger partial charge in [-0.05, 0) is 18.2 Å². The number of benzene rings is 1. The van der Waals surface area contributed by atoms with Crippen LogP contribution in [0.25, 0.3) is 0 Å². The van der Waals surface area contributed by atoms with Crippen LogP contribution in [0.5, 0.6) is 0 Å². The summed E-state index contributed by atoms with van der Waals surface area (Å²) in [6.45, 7) is 1.90. The zero-order valence-corrected chi connectivity index (χ0v) is 10.7. The molecule has 6 heteroatoms. The molecule has 1 heterocycles. The monoisotopic (exact) mass is 267 g/mol. The summed E-state index contributed by atoms with van der Waals surface area (Å²) >= 11 is 6.05. The second-order valence-corrected chi connectivity index (χ2v) is 4.72. The Morgan fingerprint density at radius 1 is 1.56 bits per heavy atom. The van der Waals surface area contributed by atoms with E-state index in [2.05, 4.69) is 5.32 Å². The molecule has 1 saturated heterocycles. The van der Waals surface area contributed by atoms with Crippen molar-refractivity contribution in [3.8, 4) is 0 Å². The van der Waals surface area contributed by atoms with Crippen molar-refractivity contribution in [3.63, 3.8) is 0 Å². The van der Waals surface area contributed by atoms with E-state index >= 15 is 0 Å². The summed E-state index contributed by atoms with van der Waals surface area (Å²) in [5.41, 5.74) is 6.97. The van der Waals surface area contributed by atoms with E-state index in [9.17, 15) is 9.59 Å². The highest BCUT2D eigenvalue weighted by atomic mass is 35.5. The van der Waals surface area contributed by atoms with Crippen LogP contribution >= 0.6 is 11.6 Å². The third-order valence-corrected chi connectivity index (χ3v) is 3.04. The van der Waals surface area contributed by atoms with Gasteiger partial charge in [-0.25, -0.2) is 0 Å². The Bertz CT molecular complexity index is 504. The fourth-order valence-electron chi connectivity index (χ4n) is 1.95. The normalized spacial score (nSPS) is 19.2. The summed E-state index contributed by atoms with van der Waals surface area (Å²) in [5.74, 6) is -0.199. The lowest BCUT2D eigenvalue weighted by atomic mass is 10.2.